The molecule has 0 spiro atoms. The van der Waals surface area contributed by atoms with Crippen molar-refractivity contribution in [1.29, 1.82) is 0 Å². The number of aryl methyl sites for hydroxylation is 1. The number of furan rings is 1. The molecule has 3 aromatic heterocycles. The molecule has 8 nitrogen and oxygen atoms in total. The Morgan fingerprint density at radius 1 is 1.12 bits per heavy atom. The van der Waals surface area contributed by atoms with Gasteiger partial charge >= 0.3 is 0 Å². The number of hydrogen-bond donors (Lipinski definition) is 3. The van der Waals surface area contributed by atoms with Gasteiger partial charge in [-0.3, -0.25) is 24.5 Å². The number of amides is 1. The van der Waals surface area contributed by atoms with E-state index in [-0.39, 0.29) is 11.4 Å². The number of H-pyrrole nitrogens is 2. The number of nitrogens with zero attached hydrogens (tertiary/aromatic N) is 2. The van der Waals surface area contributed by atoms with E-state index < -0.39 is 11.5 Å². The van der Waals surface area contributed by atoms with Gasteiger partial charge in [0.1, 0.15) is 11.4 Å². The number of nitrogens with one attached hydrogen (secondary N) is 3. The van der Waals surface area contributed by atoms with Crippen LogP contribution in [-0.4, -0.2) is 25.9 Å². The Labute approximate surface area is 147 Å². The van der Waals surface area contributed by atoms with E-state index in [9.17, 15) is 9.59 Å². The maximum atomic E-state index is 12.5. The predicted octanol–water partition coefficient (Wildman–Crippen LogP) is 2.62. The molecule has 4 aromatic rings. The van der Waals surface area contributed by atoms with Crippen LogP contribution in [0.4, 0.5) is 5.69 Å². The summed E-state index contributed by atoms with van der Waals surface area (Å²) in [7, 11) is 1.79. The summed E-state index contributed by atoms with van der Waals surface area (Å²) in [6.45, 7) is 0. The van der Waals surface area contributed by atoms with Crippen LogP contribution in [0.5, 0.6) is 0 Å². The summed E-state index contributed by atoms with van der Waals surface area (Å²) in [4.78, 5) is 24.6. The van der Waals surface area contributed by atoms with Crippen molar-refractivity contribution < 1.29 is 9.21 Å². The first-order chi connectivity index (χ1) is 12.6. The average Bonchev–Trinajstić information content (AvgIpc) is 3.37. The second-order valence-electron chi connectivity index (χ2n) is 5.72. The van der Waals surface area contributed by atoms with Crippen LogP contribution in [0.15, 0.2) is 64.1 Å². The Kier molecular flexibility index (Phi) is 3.77. The molecule has 3 N–H and O–H groups in total. The molecular weight excluding hydrogens is 334 g/mol. The molecule has 8 heteroatoms. The number of carbonyl (C=O) groups excluding carboxylic acids is 1. The SMILES string of the molecule is Cn1cc(-c2ccc(C(=O)Nc3c(-c4ccccc4)[nH][nH]c3=O)o2)cn1. The quantitative estimate of drug-likeness (QED) is 0.526. The molecule has 0 saturated carbocycles. The van der Waals surface area contributed by atoms with Crippen molar-refractivity contribution in [3.8, 4) is 22.6 Å². The highest BCUT2D eigenvalue weighted by Gasteiger charge is 2.18. The molecule has 0 fully saturated rings. The lowest BCUT2D eigenvalue weighted by molar-refractivity contribution is 0.0997. The van der Waals surface area contributed by atoms with Crippen LogP contribution in [0.3, 0.4) is 0 Å². The Balaban J connectivity index is 1.61. The number of rotatable bonds is 4. The second-order valence-corrected chi connectivity index (χ2v) is 5.72. The van der Waals surface area contributed by atoms with Gasteiger partial charge in [0, 0.05) is 18.8 Å². The van der Waals surface area contributed by atoms with Gasteiger partial charge in [-0.15, -0.1) is 0 Å². The number of carbonyl (C=O) groups is 1. The summed E-state index contributed by atoms with van der Waals surface area (Å²) in [5, 5.41) is 12.0. The molecule has 3 heterocycles. The van der Waals surface area contributed by atoms with E-state index in [1.165, 1.54) is 0 Å². The summed E-state index contributed by atoms with van der Waals surface area (Å²) in [5.74, 6) is 0.111. The van der Waals surface area contributed by atoms with E-state index >= 15 is 0 Å². The summed E-state index contributed by atoms with van der Waals surface area (Å²) in [6.07, 6.45) is 3.43. The van der Waals surface area contributed by atoms with Crippen LogP contribution >= 0.6 is 0 Å². The molecule has 26 heavy (non-hydrogen) atoms. The molecule has 0 aliphatic heterocycles. The number of aromatic nitrogens is 4. The van der Waals surface area contributed by atoms with Gasteiger partial charge in [-0.25, -0.2) is 0 Å². The topological polar surface area (TPSA) is 109 Å². The summed E-state index contributed by atoms with van der Waals surface area (Å²) < 4.78 is 7.23. The number of benzene rings is 1. The van der Waals surface area contributed by atoms with Crippen molar-refractivity contribution in [3.63, 3.8) is 0 Å². The second kappa shape index (κ2) is 6.25. The minimum Gasteiger partial charge on any atom is -0.451 e. The predicted molar refractivity (Wildman–Crippen MR) is 95.7 cm³/mol. The first-order valence-electron chi connectivity index (χ1n) is 7.88. The number of aromatic amines is 2. The van der Waals surface area contributed by atoms with Crippen LogP contribution < -0.4 is 10.9 Å². The summed E-state index contributed by atoms with van der Waals surface area (Å²) in [5.41, 5.74) is 1.76. The third kappa shape index (κ3) is 2.84. The van der Waals surface area contributed by atoms with E-state index in [0.29, 0.717) is 11.5 Å². The van der Waals surface area contributed by atoms with E-state index in [4.69, 9.17) is 4.42 Å². The van der Waals surface area contributed by atoms with Crippen LogP contribution in [-0.2, 0) is 7.05 Å². The third-order valence-corrected chi connectivity index (χ3v) is 3.90. The largest absolute Gasteiger partial charge is 0.451 e. The fourth-order valence-corrected chi connectivity index (χ4v) is 2.64. The highest BCUT2D eigenvalue weighted by atomic mass is 16.4. The normalized spacial score (nSPS) is 10.8. The van der Waals surface area contributed by atoms with Crippen LogP contribution in [0.1, 0.15) is 10.6 Å². The molecule has 0 atom stereocenters. The molecule has 0 bridgehead atoms. The van der Waals surface area contributed by atoms with Crippen molar-refractivity contribution in [3.05, 3.63) is 71.0 Å². The van der Waals surface area contributed by atoms with E-state index in [1.54, 1.807) is 36.3 Å². The van der Waals surface area contributed by atoms with Gasteiger partial charge in [0.05, 0.1) is 17.5 Å². The lowest BCUT2D eigenvalue weighted by Crippen LogP contribution is -2.17. The zero-order chi connectivity index (χ0) is 18.1. The minimum atomic E-state index is -0.512. The first kappa shape index (κ1) is 15.7. The van der Waals surface area contributed by atoms with Gasteiger partial charge in [-0.2, -0.15) is 5.10 Å². The maximum Gasteiger partial charge on any atom is 0.291 e. The van der Waals surface area contributed by atoms with E-state index in [1.807, 2.05) is 30.3 Å². The smallest absolute Gasteiger partial charge is 0.291 e. The van der Waals surface area contributed by atoms with Crippen molar-refractivity contribution in [2.24, 2.45) is 7.05 Å². The lowest BCUT2D eigenvalue weighted by atomic mass is 10.1. The Hall–Kier alpha value is -3.81. The highest BCUT2D eigenvalue weighted by Crippen LogP contribution is 2.24. The van der Waals surface area contributed by atoms with Crippen molar-refractivity contribution in [2.45, 2.75) is 0 Å². The van der Waals surface area contributed by atoms with Gasteiger partial charge in [0.2, 0.25) is 0 Å². The number of anilines is 1. The molecule has 0 saturated heterocycles. The lowest BCUT2D eigenvalue weighted by Gasteiger charge is -2.03. The molecule has 0 unspecified atom stereocenters. The Morgan fingerprint density at radius 2 is 1.92 bits per heavy atom. The van der Waals surface area contributed by atoms with Gasteiger partial charge in [-0.1, -0.05) is 30.3 Å². The maximum absolute atomic E-state index is 12.5. The standard InChI is InChI=1S/C18H15N5O3/c1-23-10-12(9-19-23)13-7-8-14(26-13)17(24)20-16-15(21-22-18(16)25)11-5-3-2-4-6-11/h2-10H,1H3,(H,20,24)(H2,21,22,25). The number of hydrogen-bond acceptors (Lipinski definition) is 4. The monoisotopic (exact) mass is 349 g/mol. The van der Waals surface area contributed by atoms with Gasteiger partial charge < -0.3 is 9.73 Å². The average molecular weight is 349 g/mol. The van der Waals surface area contributed by atoms with Crippen LogP contribution in [0.2, 0.25) is 0 Å². The van der Waals surface area contributed by atoms with Crippen molar-refractivity contribution in [1.82, 2.24) is 20.0 Å². The first-order valence-corrected chi connectivity index (χ1v) is 7.88. The zero-order valence-electron chi connectivity index (χ0n) is 13.8. The molecule has 130 valence electrons. The van der Waals surface area contributed by atoms with Crippen molar-refractivity contribution in [2.75, 3.05) is 5.32 Å². The third-order valence-electron chi connectivity index (χ3n) is 3.90. The molecular formula is C18H15N5O3. The fourth-order valence-electron chi connectivity index (χ4n) is 2.64. The molecule has 0 radical (unpaired) electrons. The molecule has 1 amide bonds. The summed E-state index contributed by atoms with van der Waals surface area (Å²) >= 11 is 0. The molecule has 4 rings (SSSR count). The molecule has 1 aromatic carbocycles. The molecule has 0 aliphatic carbocycles. The minimum absolute atomic E-state index is 0.100. The van der Waals surface area contributed by atoms with Gasteiger partial charge in [-0.05, 0) is 12.1 Å². The zero-order valence-corrected chi connectivity index (χ0v) is 13.8. The Morgan fingerprint density at radius 3 is 2.65 bits per heavy atom. The van der Waals surface area contributed by atoms with Crippen LogP contribution in [0.25, 0.3) is 22.6 Å². The molecule has 0 aliphatic rings. The van der Waals surface area contributed by atoms with E-state index in [2.05, 4.69) is 20.6 Å². The van der Waals surface area contributed by atoms with Crippen LogP contribution in [0, 0.1) is 0 Å². The summed E-state index contributed by atoms with van der Waals surface area (Å²) in [6, 6.07) is 12.5. The van der Waals surface area contributed by atoms with E-state index in [0.717, 1.165) is 11.1 Å². The highest BCUT2D eigenvalue weighted by molar-refractivity contribution is 6.04. The van der Waals surface area contributed by atoms with Gasteiger partial charge in [0.25, 0.3) is 11.5 Å². The fraction of sp³-hybridized carbons (Fsp3) is 0.0556. The Bertz CT molecular complexity index is 1120. The van der Waals surface area contributed by atoms with Crippen molar-refractivity contribution >= 4 is 11.6 Å². The van der Waals surface area contributed by atoms with Gasteiger partial charge in [0.15, 0.2) is 5.76 Å².